The first-order valence-electron chi connectivity index (χ1n) is 10.3. The maximum atomic E-state index is 12.8. The number of ether oxygens (including phenoxy) is 1. The smallest absolute Gasteiger partial charge is 0.409 e. The minimum Gasteiger partial charge on any atom is -0.409 e. The first-order valence-corrected chi connectivity index (χ1v) is 11.2. The molecular weight excluding hydrogens is 442 g/mol. The Bertz CT molecular complexity index is 1270. The van der Waals surface area contributed by atoms with Crippen LogP contribution in [-0.4, -0.2) is 33.2 Å². The molecule has 4 aromatic rings. The van der Waals surface area contributed by atoms with Crippen LogP contribution in [0.4, 0.5) is 16.4 Å². The summed E-state index contributed by atoms with van der Waals surface area (Å²) in [6, 6.07) is 14.5. The van der Waals surface area contributed by atoms with E-state index in [1.807, 2.05) is 6.92 Å². The van der Waals surface area contributed by atoms with Crippen LogP contribution in [0.1, 0.15) is 23.4 Å². The van der Waals surface area contributed by atoms with Gasteiger partial charge in [-0.25, -0.2) is 9.78 Å². The van der Waals surface area contributed by atoms with Crippen molar-refractivity contribution in [2.75, 3.05) is 11.1 Å². The van der Waals surface area contributed by atoms with Gasteiger partial charge in [-0.2, -0.15) is 0 Å². The third-order valence-electron chi connectivity index (χ3n) is 4.97. The number of carbonyl (C=O) groups excluding carboxylic acids is 2. The Labute approximate surface area is 193 Å². The summed E-state index contributed by atoms with van der Waals surface area (Å²) in [5.74, 6) is -0.0240. The summed E-state index contributed by atoms with van der Waals surface area (Å²) in [6.45, 7) is 2.01. The number of nitrogens with zero attached hydrogens (tertiary/aromatic N) is 1. The van der Waals surface area contributed by atoms with Gasteiger partial charge in [-0.1, -0.05) is 37.3 Å². The SMILES string of the molecule is CCc1cc(OC(=O)NC(c2ccccc2)C(O)C(=O)Nc2ccc3nc(N)[nH]c3c2)cs1. The molecule has 0 aliphatic rings. The number of aromatic amines is 1. The van der Waals surface area contributed by atoms with Gasteiger partial charge in [-0.3, -0.25) is 4.79 Å². The lowest BCUT2D eigenvalue weighted by molar-refractivity contribution is -0.125. The van der Waals surface area contributed by atoms with Crippen LogP contribution in [0.15, 0.2) is 60.0 Å². The molecule has 0 saturated heterocycles. The molecular formula is C23H23N5O4S. The van der Waals surface area contributed by atoms with Crippen LogP contribution in [-0.2, 0) is 11.2 Å². The van der Waals surface area contributed by atoms with Gasteiger partial charge in [0.25, 0.3) is 5.91 Å². The highest BCUT2D eigenvalue weighted by atomic mass is 32.1. The van der Waals surface area contributed by atoms with E-state index >= 15 is 0 Å². The molecule has 2 amide bonds. The number of hydrogen-bond donors (Lipinski definition) is 5. The first kappa shape index (κ1) is 22.3. The molecule has 0 saturated carbocycles. The summed E-state index contributed by atoms with van der Waals surface area (Å²) < 4.78 is 5.34. The highest BCUT2D eigenvalue weighted by molar-refractivity contribution is 7.10. The molecule has 2 aromatic carbocycles. The molecule has 2 unspecified atom stereocenters. The average Bonchev–Trinajstić information content (AvgIpc) is 3.42. The van der Waals surface area contributed by atoms with Crippen molar-refractivity contribution < 1.29 is 19.4 Å². The number of thiophene rings is 1. The van der Waals surface area contributed by atoms with Gasteiger partial charge in [-0.05, 0) is 36.2 Å². The van der Waals surface area contributed by atoms with Gasteiger partial charge in [-0.15, -0.1) is 11.3 Å². The quantitative estimate of drug-likeness (QED) is 0.282. The molecule has 10 heteroatoms. The summed E-state index contributed by atoms with van der Waals surface area (Å²) in [6.07, 6.45) is -1.53. The maximum absolute atomic E-state index is 12.8. The molecule has 0 radical (unpaired) electrons. The number of H-pyrrole nitrogens is 1. The minimum absolute atomic E-state index is 0.261. The third kappa shape index (κ3) is 5.30. The monoisotopic (exact) mass is 465 g/mol. The Morgan fingerprint density at radius 3 is 2.73 bits per heavy atom. The third-order valence-corrected chi connectivity index (χ3v) is 6.03. The van der Waals surface area contributed by atoms with E-state index in [1.54, 1.807) is 60.0 Å². The molecule has 0 aliphatic heterocycles. The number of hydrogen-bond acceptors (Lipinski definition) is 7. The standard InChI is InChI=1S/C23H23N5O4S/c1-2-16-11-15(12-33-16)32-23(31)28-19(13-6-4-3-5-7-13)20(29)21(30)25-14-8-9-17-18(10-14)27-22(24)26-17/h3-12,19-20,29H,2H2,1H3,(H,25,30)(H,28,31)(H3,24,26,27). The predicted molar refractivity (Wildman–Crippen MR) is 127 cm³/mol. The number of nitrogens with two attached hydrogens (primary N) is 1. The van der Waals surface area contributed by atoms with Gasteiger partial charge in [0.2, 0.25) is 0 Å². The first-order chi connectivity index (χ1) is 15.9. The van der Waals surface area contributed by atoms with E-state index in [1.165, 1.54) is 11.3 Å². The van der Waals surface area contributed by atoms with Crippen LogP contribution in [0.5, 0.6) is 5.75 Å². The molecule has 2 heterocycles. The van der Waals surface area contributed by atoms with Crippen molar-refractivity contribution in [3.63, 3.8) is 0 Å². The maximum Gasteiger partial charge on any atom is 0.413 e. The molecule has 6 N–H and O–H groups in total. The number of nitrogen functional groups attached to an aromatic ring is 1. The Morgan fingerprint density at radius 2 is 2.00 bits per heavy atom. The van der Waals surface area contributed by atoms with Gasteiger partial charge >= 0.3 is 6.09 Å². The highest BCUT2D eigenvalue weighted by Crippen LogP contribution is 2.24. The Kier molecular flexibility index (Phi) is 6.57. The molecule has 9 nitrogen and oxygen atoms in total. The Hall–Kier alpha value is -3.89. The molecule has 0 fully saturated rings. The van der Waals surface area contributed by atoms with Gasteiger partial charge in [0.1, 0.15) is 5.75 Å². The lowest BCUT2D eigenvalue weighted by Gasteiger charge is -2.23. The van der Waals surface area contributed by atoms with Crippen molar-refractivity contribution in [2.24, 2.45) is 0 Å². The zero-order valence-electron chi connectivity index (χ0n) is 17.7. The highest BCUT2D eigenvalue weighted by Gasteiger charge is 2.30. The van der Waals surface area contributed by atoms with E-state index in [0.717, 1.165) is 11.3 Å². The number of imidazole rings is 1. The minimum atomic E-state index is -1.59. The van der Waals surface area contributed by atoms with Crippen molar-refractivity contribution in [1.82, 2.24) is 15.3 Å². The Morgan fingerprint density at radius 1 is 1.21 bits per heavy atom. The van der Waals surface area contributed by atoms with E-state index in [4.69, 9.17) is 10.5 Å². The zero-order chi connectivity index (χ0) is 23.4. The molecule has 2 aromatic heterocycles. The fourth-order valence-corrected chi connectivity index (χ4v) is 4.08. The van der Waals surface area contributed by atoms with Crippen molar-refractivity contribution in [1.29, 1.82) is 0 Å². The number of carbonyl (C=O) groups is 2. The van der Waals surface area contributed by atoms with Gasteiger partial charge < -0.3 is 31.2 Å². The number of benzene rings is 2. The van der Waals surface area contributed by atoms with Crippen molar-refractivity contribution in [3.8, 4) is 5.75 Å². The summed E-state index contributed by atoms with van der Waals surface area (Å²) in [5, 5.41) is 17.8. The molecule has 2 atom stereocenters. The van der Waals surface area contributed by atoms with Crippen molar-refractivity contribution in [3.05, 3.63) is 70.4 Å². The predicted octanol–water partition coefficient (Wildman–Crippen LogP) is 3.60. The van der Waals surface area contributed by atoms with E-state index in [0.29, 0.717) is 28.0 Å². The van der Waals surface area contributed by atoms with E-state index in [9.17, 15) is 14.7 Å². The van der Waals surface area contributed by atoms with Crippen LogP contribution in [0.2, 0.25) is 0 Å². The summed E-state index contributed by atoms with van der Waals surface area (Å²) in [7, 11) is 0. The molecule has 170 valence electrons. The van der Waals surface area contributed by atoms with Crippen LogP contribution in [0.25, 0.3) is 11.0 Å². The largest absolute Gasteiger partial charge is 0.413 e. The number of aliphatic hydroxyl groups excluding tert-OH is 1. The lowest BCUT2D eigenvalue weighted by Crippen LogP contribution is -2.43. The van der Waals surface area contributed by atoms with Gasteiger partial charge in [0.05, 0.1) is 17.1 Å². The van der Waals surface area contributed by atoms with Crippen LogP contribution >= 0.6 is 11.3 Å². The molecule has 0 bridgehead atoms. The zero-order valence-corrected chi connectivity index (χ0v) is 18.6. The normalized spacial score (nSPS) is 12.8. The number of aryl methyl sites for hydroxylation is 1. The second-order valence-corrected chi connectivity index (χ2v) is 8.31. The van der Waals surface area contributed by atoms with Crippen LogP contribution in [0.3, 0.4) is 0 Å². The van der Waals surface area contributed by atoms with E-state index in [2.05, 4.69) is 20.6 Å². The molecule has 33 heavy (non-hydrogen) atoms. The van der Waals surface area contributed by atoms with Crippen LogP contribution < -0.4 is 21.1 Å². The second-order valence-electron chi connectivity index (χ2n) is 7.31. The lowest BCUT2D eigenvalue weighted by atomic mass is 10.0. The topological polar surface area (TPSA) is 142 Å². The average molecular weight is 466 g/mol. The number of amides is 2. The number of aliphatic hydroxyl groups is 1. The Balaban J connectivity index is 1.50. The van der Waals surface area contributed by atoms with Gasteiger partial charge in [0.15, 0.2) is 12.1 Å². The van der Waals surface area contributed by atoms with Crippen molar-refractivity contribution in [2.45, 2.75) is 25.5 Å². The number of anilines is 2. The molecule has 0 aliphatic carbocycles. The number of aromatic nitrogens is 2. The van der Waals surface area contributed by atoms with Gasteiger partial charge in [0, 0.05) is 15.9 Å². The van der Waals surface area contributed by atoms with Crippen LogP contribution in [0, 0.1) is 0 Å². The fourth-order valence-electron chi connectivity index (χ4n) is 3.34. The fraction of sp³-hybridized carbons (Fsp3) is 0.174. The number of nitrogens with one attached hydrogen (secondary N) is 3. The number of fused-ring (bicyclic) bond motifs is 1. The molecule has 0 spiro atoms. The number of rotatable bonds is 7. The molecule has 4 rings (SSSR count). The summed E-state index contributed by atoms with van der Waals surface area (Å²) >= 11 is 1.49. The van der Waals surface area contributed by atoms with E-state index < -0.39 is 24.1 Å². The second kappa shape index (κ2) is 9.72. The van der Waals surface area contributed by atoms with E-state index in [-0.39, 0.29) is 5.95 Å². The van der Waals surface area contributed by atoms with Crippen molar-refractivity contribution >= 4 is 46.0 Å². The summed E-state index contributed by atoms with van der Waals surface area (Å²) in [5.41, 5.74) is 7.94. The summed E-state index contributed by atoms with van der Waals surface area (Å²) in [4.78, 5) is 33.5.